The van der Waals surface area contributed by atoms with E-state index < -0.39 is 12.1 Å². The average Bonchev–Trinajstić information content (AvgIpc) is 2.94. The fraction of sp³-hybridized carbons (Fsp3) is 0.357. The summed E-state index contributed by atoms with van der Waals surface area (Å²) in [7, 11) is 3.30. The number of aliphatic hydroxyl groups is 1. The first-order valence-corrected chi connectivity index (χ1v) is 12.2. The zero-order valence-electron chi connectivity index (χ0n) is 21.5. The molecule has 9 nitrogen and oxygen atoms in total. The molecule has 0 unspecified atom stereocenters. The molecular formula is C28H32N4O5. The Balaban J connectivity index is 1.71. The number of carbonyl (C=O) groups is 2. The van der Waals surface area contributed by atoms with Crippen LogP contribution in [0, 0.1) is 5.92 Å². The van der Waals surface area contributed by atoms with E-state index in [1.807, 2.05) is 31.2 Å². The molecule has 0 bridgehead atoms. The quantitative estimate of drug-likeness (QED) is 0.527. The number of ether oxygens (including phenoxy) is 2. The van der Waals surface area contributed by atoms with Crippen LogP contribution < -0.4 is 9.47 Å². The smallest absolute Gasteiger partial charge is 0.259 e. The van der Waals surface area contributed by atoms with E-state index in [1.54, 1.807) is 61.5 Å². The molecule has 0 aliphatic carbocycles. The summed E-state index contributed by atoms with van der Waals surface area (Å²) in [6, 6.07) is 12.3. The van der Waals surface area contributed by atoms with Gasteiger partial charge in [-0.25, -0.2) is 4.98 Å². The number of fused-ring (bicyclic) bond motifs is 1. The number of hydrogen-bond donors (Lipinski definition) is 1. The maximum absolute atomic E-state index is 13.7. The SMILES string of the molecule is COc1ccccc1-c1cnc2c(c1)C(=O)N([C@H](C)CO)C[C@@H](C)[C@@H](CN(C)C(=O)c1cccnc1)O2. The third-order valence-corrected chi connectivity index (χ3v) is 6.65. The number of rotatable bonds is 7. The molecule has 2 aromatic heterocycles. The number of benzene rings is 1. The first kappa shape index (κ1) is 26.1. The molecule has 3 heterocycles. The van der Waals surface area contributed by atoms with Crippen LogP contribution in [0.15, 0.2) is 61.1 Å². The predicted octanol–water partition coefficient (Wildman–Crippen LogP) is 3.14. The fourth-order valence-corrected chi connectivity index (χ4v) is 4.41. The van der Waals surface area contributed by atoms with Crippen molar-refractivity contribution in [3.05, 3.63) is 72.2 Å². The summed E-state index contributed by atoms with van der Waals surface area (Å²) in [5, 5.41) is 9.90. The van der Waals surface area contributed by atoms with E-state index in [4.69, 9.17) is 9.47 Å². The lowest BCUT2D eigenvalue weighted by atomic mass is 9.99. The van der Waals surface area contributed by atoms with Gasteiger partial charge in [-0.3, -0.25) is 14.6 Å². The highest BCUT2D eigenvalue weighted by Gasteiger charge is 2.35. The van der Waals surface area contributed by atoms with Gasteiger partial charge in [0.05, 0.1) is 31.9 Å². The summed E-state index contributed by atoms with van der Waals surface area (Å²) >= 11 is 0. The second-order valence-electron chi connectivity index (χ2n) is 9.33. The van der Waals surface area contributed by atoms with E-state index in [0.29, 0.717) is 29.0 Å². The Morgan fingerprint density at radius 1 is 1.24 bits per heavy atom. The molecule has 0 saturated heterocycles. The van der Waals surface area contributed by atoms with Crippen molar-refractivity contribution in [2.24, 2.45) is 5.92 Å². The molecule has 0 saturated carbocycles. The highest BCUT2D eigenvalue weighted by atomic mass is 16.5. The van der Waals surface area contributed by atoms with E-state index in [0.717, 1.165) is 5.56 Å². The number of pyridine rings is 2. The van der Waals surface area contributed by atoms with Crippen LogP contribution in [0.5, 0.6) is 11.6 Å². The normalized spacial score (nSPS) is 18.2. The van der Waals surface area contributed by atoms with Crippen molar-refractivity contribution >= 4 is 11.8 Å². The third kappa shape index (κ3) is 5.56. The van der Waals surface area contributed by atoms with Crippen LogP contribution in [0.25, 0.3) is 11.1 Å². The molecule has 0 spiro atoms. The van der Waals surface area contributed by atoms with Gasteiger partial charge in [0.15, 0.2) is 0 Å². The van der Waals surface area contributed by atoms with E-state index in [2.05, 4.69) is 9.97 Å². The molecular weight excluding hydrogens is 472 g/mol. The summed E-state index contributed by atoms with van der Waals surface area (Å²) < 4.78 is 11.8. The molecule has 1 aromatic carbocycles. The van der Waals surface area contributed by atoms with Crippen LogP contribution in [0.3, 0.4) is 0 Å². The van der Waals surface area contributed by atoms with E-state index in [-0.39, 0.29) is 36.8 Å². The molecule has 3 atom stereocenters. The number of para-hydroxylation sites is 1. The first-order chi connectivity index (χ1) is 17.8. The van der Waals surface area contributed by atoms with Crippen molar-refractivity contribution in [2.45, 2.75) is 26.0 Å². The van der Waals surface area contributed by atoms with Gasteiger partial charge in [0, 0.05) is 49.2 Å². The number of aliphatic hydroxyl groups excluding tert-OH is 1. The van der Waals surface area contributed by atoms with Crippen molar-refractivity contribution in [1.82, 2.24) is 19.8 Å². The van der Waals surface area contributed by atoms with Gasteiger partial charge in [-0.05, 0) is 31.2 Å². The molecule has 1 aliphatic heterocycles. The molecule has 9 heteroatoms. The number of nitrogens with zero attached hydrogens (tertiary/aromatic N) is 4. The number of hydrogen-bond acceptors (Lipinski definition) is 7. The second-order valence-corrected chi connectivity index (χ2v) is 9.33. The number of aromatic nitrogens is 2. The van der Waals surface area contributed by atoms with Crippen molar-refractivity contribution in [1.29, 1.82) is 0 Å². The number of methoxy groups -OCH3 is 1. The summed E-state index contributed by atoms with van der Waals surface area (Å²) in [5.41, 5.74) is 2.28. The van der Waals surface area contributed by atoms with Gasteiger partial charge in [0.1, 0.15) is 17.4 Å². The van der Waals surface area contributed by atoms with Crippen molar-refractivity contribution in [3.8, 4) is 22.8 Å². The number of likely N-dealkylation sites (N-methyl/N-ethyl adjacent to an activating group) is 1. The van der Waals surface area contributed by atoms with Crippen molar-refractivity contribution in [3.63, 3.8) is 0 Å². The molecule has 0 radical (unpaired) electrons. The van der Waals surface area contributed by atoms with E-state index in [9.17, 15) is 14.7 Å². The first-order valence-electron chi connectivity index (χ1n) is 12.2. The minimum absolute atomic E-state index is 0.147. The topological polar surface area (TPSA) is 105 Å². The Hall–Kier alpha value is -3.98. The summed E-state index contributed by atoms with van der Waals surface area (Å²) in [5.74, 6) is 0.253. The van der Waals surface area contributed by atoms with Gasteiger partial charge in [-0.1, -0.05) is 25.1 Å². The Bertz CT molecular complexity index is 1250. The van der Waals surface area contributed by atoms with Crippen LogP contribution in [-0.4, -0.2) is 82.7 Å². The van der Waals surface area contributed by atoms with Gasteiger partial charge < -0.3 is 24.4 Å². The second kappa shape index (κ2) is 11.4. The minimum Gasteiger partial charge on any atom is -0.496 e. The highest BCUT2D eigenvalue weighted by molar-refractivity contribution is 5.98. The van der Waals surface area contributed by atoms with Crippen LogP contribution in [0.4, 0.5) is 0 Å². The minimum atomic E-state index is -0.449. The average molecular weight is 505 g/mol. The predicted molar refractivity (Wildman–Crippen MR) is 139 cm³/mol. The lowest BCUT2D eigenvalue weighted by molar-refractivity contribution is 0.0313. The molecule has 3 aromatic rings. The summed E-state index contributed by atoms with van der Waals surface area (Å²) in [4.78, 5) is 38.5. The Labute approximate surface area is 216 Å². The lowest BCUT2D eigenvalue weighted by Crippen LogP contribution is -2.50. The largest absolute Gasteiger partial charge is 0.496 e. The highest BCUT2D eigenvalue weighted by Crippen LogP contribution is 2.34. The standard InChI is InChI=1S/C28H32N4O5/c1-18-15-32(19(2)17-33)28(35)23-12-21(22-9-5-6-10-24(22)36-4)14-30-26(23)37-25(18)16-31(3)27(34)20-8-7-11-29-13-20/h5-14,18-19,25,33H,15-17H2,1-4H3/t18-,19-,25-/m1/s1. The van der Waals surface area contributed by atoms with Crippen LogP contribution >= 0.6 is 0 Å². The lowest BCUT2D eigenvalue weighted by Gasteiger charge is -2.37. The Kier molecular flexibility index (Phi) is 8.03. The molecule has 1 N–H and O–H groups in total. The van der Waals surface area contributed by atoms with Crippen LogP contribution in [-0.2, 0) is 0 Å². The van der Waals surface area contributed by atoms with Crippen LogP contribution in [0.2, 0.25) is 0 Å². The van der Waals surface area contributed by atoms with Gasteiger partial charge in [0.25, 0.3) is 11.8 Å². The van der Waals surface area contributed by atoms with Crippen LogP contribution in [0.1, 0.15) is 34.6 Å². The maximum Gasteiger partial charge on any atom is 0.259 e. The summed E-state index contributed by atoms with van der Waals surface area (Å²) in [6.07, 6.45) is 4.35. The van der Waals surface area contributed by atoms with Gasteiger partial charge in [-0.15, -0.1) is 0 Å². The zero-order chi connectivity index (χ0) is 26.5. The molecule has 0 fully saturated rings. The monoisotopic (exact) mass is 504 g/mol. The molecule has 1 aliphatic rings. The zero-order valence-corrected chi connectivity index (χ0v) is 21.5. The van der Waals surface area contributed by atoms with Crippen molar-refractivity contribution < 1.29 is 24.2 Å². The molecule has 4 rings (SSSR count). The molecule has 37 heavy (non-hydrogen) atoms. The maximum atomic E-state index is 13.7. The van der Waals surface area contributed by atoms with E-state index in [1.165, 1.54) is 6.20 Å². The van der Waals surface area contributed by atoms with Gasteiger partial charge in [-0.2, -0.15) is 0 Å². The van der Waals surface area contributed by atoms with E-state index >= 15 is 0 Å². The molecule has 2 amide bonds. The Morgan fingerprint density at radius 2 is 2.03 bits per heavy atom. The fourth-order valence-electron chi connectivity index (χ4n) is 4.41. The van der Waals surface area contributed by atoms with Crippen molar-refractivity contribution in [2.75, 3.05) is 33.9 Å². The van der Waals surface area contributed by atoms with Gasteiger partial charge in [0.2, 0.25) is 5.88 Å². The molecule has 194 valence electrons. The number of carbonyl (C=O) groups excluding carboxylic acids is 2. The van der Waals surface area contributed by atoms with Gasteiger partial charge >= 0.3 is 0 Å². The summed E-state index contributed by atoms with van der Waals surface area (Å²) in [6.45, 7) is 4.21. The Morgan fingerprint density at radius 3 is 2.73 bits per heavy atom. The number of amides is 2. The third-order valence-electron chi connectivity index (χ3n) is 6.65.